The normalized spacial score (nSPS) is 24.1. The Morgan fingerprint density at radius 1 is 1.71 bits per heavy atom. The maximum absolute atomic E-state index is 5.89. The van der Waals surface area contributed by atoms with Crippen molar-refractivity contribution in [1.82, 2.24) is 9.55 Å². The topological polar surface area (TPSA) is 62.3 Å². The Balaban J connectivity index is 2.11. The van der Waals surface area contributed by atoms with Crippen molar-refractivity contribution in [2.24, 2.45) is 5.73 Å². The van der Waals surface area contributed by atoms with Gasteiger partial charge in [0.15, 0.2) is 0 Å². The smallest absolute Gasteiger partial charge is 0.135 e. The van der Waals surface area contributed by atoms with Gasteiger partial charge in [0.25, 0.3) is 0 Å². The number of methoxy groups -OCH3 is 1. The van der Waals surface area contributed by atoms with E-state index in [4.69, 9.17) is 15.2 Å². The molecule has 5 nitrogen and oxygen atoms in total. The largest absolute Gasteiger partial charge is 0.397 e. The molecule has 1 aromatic heterocycles. The van der Waals surface area contributed by atoms with Gasteiger partial charge in [-0.1, -0.05) is 6.58 Å². The summed E-state index contributed by atoms with van der Waals surface area (Å²) in [6, 6.07) is 0. The summed E-state index contributed by atoms with van der Waals surface area (Å²) in [5.41, 5.74) is 7.92. The molecule has 2 N–H and O–H groups in total. The van der Waals surface area contributed by atoms with E-state index in [-0.39, 0.29) is 12.3 Å². The van der Waals surface area contributed by atoms with Crippen LogP contribution in [0.2, 0.25) is 0 Å². The third-order valence-corrected chi connectivity index (χ3v) is 3.09. The molecule has 1 saturated heterocycles. The second kappa shape index (κ2) is 4.89. The van der Waals surface area contributed by atoms with Gasteiger partial charge in [0.1, 0.15) is 11.9 Å². The number of hydrogen-bond acceptors (Lipinski definition) is 4. The van der Waals surface area contributed by atoms with Crippen LogP contribution in [-0.4, -0.2) is 29.4 Å². The minimum absolute atomic E-state index is 0.0377. The maximum Gasteiger partial charge on any atom is 0.135 e. The third-order valence-electron chi connectivity index (χ3n) is 3.09. The van der Waals surface area contributed by atoms with Gasteiger partial charge in [-0.15, -0.1) is 0 Å². The summed E-state index contributed by atoms with van der Waals surface area (Å²) in [5.74, 6) is 0. The predicted molar refractivity (Wildman–Crippen MR) is 65.2 cm³/mol. The van der Waals surface area contributed by atoms with Crippen molar-refractivity contribution in [3.8, 4) is 0 Å². The third kappa shape index (κ3) is 2.35. The lowest BCUT2D eigenvalue weighted by atomic mass is 10.2. The molecule has 2 atom stereocenters. The lowest BCUT2D eigenvalue weighted by molar-refractivity contribution is -0.0322. The van der Waals surface area contributed by atoms with E-state index in [0.717, 1.165) is 24.2 Å². The van der Waals surface area contributed by atoms with E-state index in [2.05, 4.69) is 11.6 Å². The van der Waals surface area contributed by atoms with Crippen molar-refractivity contribution in [1.29, 1.82) is 0 Å². The molecule has 1 aromatic rings. The number of aromatic nitrogens is 2. The quantitative estimate of drug-likeness (QED) is 0.860. The minimum Gasteiger partial charge on any atom is -0.397 e. The number of nitrogens with zero attached hydrogens (tertiary/aromatic N) is 2. The Kier molecular flexibility index (Phi) is 3.49. The van der Waals surface area contributed by atoms with Gasteiger partial charge in [0, 0.05) is 12.8 Å². The van der Waals surface area contributed by atoms with Crippen LogP contribution < -0.4 is 5.73 Å². The summed E-state index contributed by atoms with van der Waals surface area (Å²) in [4.78, 5) is 4.26. The molecule has 94 valence electrons. The lowest BCUT2D eigenvalue weighted by Gasteiger charge is -2.16. The van der Waals surface area contributed by atoms with Gasteiger partial charge in [0.05, 0.1) is 24.7 Å². The van der Waals surface area contributed by atoms with Gasteiger partial charge < -0.3 is 19.8 Å². The summed E-state index contributed by atoms with van der Waals surface area (Å²) in [6.07, 6.45) is 3.96. The van der Waals surface area contributed by atoms with Crippen molar-refractivity contribution >= 4 is 5.70 Å². The summed E-state index contributed by atoms with van der Waals surface area (Å²) >= 11 is 0. The first-order valence-corrected chi connectivity index (χ1v) is 5.76. The van der Waals surface area contributed by atoms with Gasteiger partial charge >= 0.3 is 0 Å². The van der Waals surface area contributed by atoms with Gasteiger partial charge in [0.2, 0.25) is 0 Å². The van der Waals surface area contributed by atoms with Crippen LogP contribution in [0, 0.1) is 6.92 Å². The molecule has 1 aliphatic heterocycles. The van der Waals surface area contributed by atoms with E-state index in [1.54, 1.807) is 13.4 Å². The number of rotatable bonds is 4. The minimum atomic E-state index is 0.0377. The molecule has 0 unspecified atom stereocenters. The standard InChI is InChI=1S/C12H19N3O2/c1-8(13)12-9(2)15(7-14-12)11-5-4-10(17-11)6-16-3/h7,10-11H,1,4-6,13H2,2-3H3/t10-,11+/m0/s1. The van der Waals surface area contributed by atoms with E-state index in [1.807, 2.05) is 11.5 Å². The SMILES string of the molecule is C=C(N)c1ncn([C@H]2CC[C@@H](COC)O2)c1C. The molecule has 0 spiro atoms. The first-order chi connectivity index (χ1) is 8.13. The van der Waals surface area contributed by atoms with Crippen molar-refractivity contribution in [3.63, 3.8) is 0 Å². The van der Waals surface area contributed by atoms with E-state index in [0.29, 0.717) is 12.3 Å². The Labute approximate surface area is 101 Å². The van der Waals surface area contributed by atoms with Crippen molar-refractivity contribution in [2.75, 3.05) is 13.7 Å². The Morgan fingerprint density at radius 3 is 3.06 bits per heavy atom. The van der Waals surface area contributed by atoms with Crippen LogP contribution in [0.3, 0.4) is 0 Å². The van der Waals surface area contributed by atoms with Gasteiger partial charge in [-0.3, -0.25) is 0 Å². The monoisotopic (exact) mass is 237 g/mol. The highest BCUT2D eigenvalue weighted by atomic mass is 16.5. The van der Waals surface area contributed by atoms with Crippen LogP contribution >= 0.6 is 0 Å². The second-order valence-corrected chi connectivity index (χ2v) is 4.36. The average Bonchev–Trinajstić information content (AvgIpc) is 2.85. The van der Waals surface area contributed by atoms with Crippen molar-refractivity contribution < 1.29 is 9.47 Å². The summed E-state index contributed by atoms with van der Waals surface area (Å²) < 4.78 is 13.0. The molecule has 0 saturated carbocycles. The zero-order chi connectivity index (χ0) is 12.4. The summed E-state index contributed by atoms with van der Waals surface area (Å²) in [5, 5.41) is 0. The molecule has 5 heteroatoms. The highest BCUT2D eigenvalue weighted by Crippen LogP contribution is 2.30. The van der Waals surface area contributed by atoms with E-state index < -0.39 is 0 Å². The number of imidazole rings is 1. The summed E-state index contributed by atoms with van der Waals surface area (Å²) in [6.45, 7) is 6.33. The molecule has 0 aromatic carbocycles. The zero-order valence-corrected chi connectivity index (χ0v) is 10.3. The van der Waals surface area contributed by atoms with E-state index >= 15 is 0 Å². The fourth-order valence-electron chi connectivity index (χ4n) is 2.23. The fourth-order valence-corrected chi connectivity index (χ4v) is 2.23. The predicted octanol–water partition coefficient (Wildman–Crippen LogP) is 1.44. The molecule has 1 aliphatic rings. The molecule has 17 heavy (non-hydrogen) atoms. The molecule has 0 amide bonds. The van der Waals surface area contributed by atoms with E-state index in [1.165, 1.54) is 0 Å². The first kappa shape index (κ1) is 12.1. The van der Waals surface area contributed by atoms with Gasteiger partial charge in [-0.05, 0) is 19.8 Å². The highest BCUT2D eigenvalue weighted by molar-refractivity contribution is 5.58. The van der Waals surface area contributed by atoms with Crippen molar-refractivity contribution in [2.45, 2.75) is 32.1 Å². The van der Waals surface area contributed by atoms with Crippen molar-refractivity contribution in [3.05, 3.63) is 24.3 Å². The number of hydrogen-bond donors (Lipinski definition) is 1. The first-order valence-electron chi connectivity index (χ1n) is 5.76. The molecule has 0 radical (unpaired) electrons. The maximum atomic E-state index is 5.89. The van der Waals surface area contributed by atoms with Crippen LogP contribution in [0.4, 0.5) is 0 Å². The van der Waals surface area contributed by atoms with Crippen LogP contribution in [-0.2, 0) is 9.47 Å². The lowest BCUT2D eigenvalue weighted by Crippen LogP contribution is -2.16. The summed E-state index contributed by atoms with van der Waals surface area (Å²) in [7, 11) is 1.69. The van der Waals surface area contributed by atoms with Crippen LogP contribution in [0.25, 0.3) is 5.70 Å². The molecule has 0 bridgehead atoms. The molecular weight excluding hydrogens is 218 g/mol. The fraction of sp³-hybridized carbons (Fsp3) is 0.583. The molecule has 2 rings (SSSR count). The van der Waals surface area contributed by atoms with Gasteiger partial charge in [-0.25, -0.2) is 4.98 Å². The Bertz CT molecular complexity index is 414. The van der Waals surface area contributed by atoms with Crippen LogP contribution in [0.1, 0.15) is 30.5 Å². The average molecular weight is 237 g/mol. The number of nitrogens with two attached hydrogens (primary N) is 1. The molecule has 1 fully saturated rings. The van der Waals surface area contributed by atoms with Gasteiger partial charge in [-0.2, -0.15) is 0 Å². The zero-order valence-electron chi connectivity index (χ0n) is 10.3. The van der Waals surface area contributed by atoms with Crippen LogP contribution in [0.15, 0.2) is 12.9 Å². The Hall–Kier alpha value is -1.33. The van der Waals surface area contributed by atoms with E-state index in [9.17, 15) is 0 Å². The second-order valence-electron chi connectivity index (χ2n) is 4.36. The van der Waals surface area contributed by atoms with Crippen LogP contribution in [0.5, 0.6) is 0 Å². The molecular formula is C12H19N3O2. The molecule has 2 heterocycles. The molecule has 0 aliphatic carbocycles. The number of ether oxygens (including phenoxy) is 2. The highest BCUT2D eigenvalue weighted by Gasteiger charge is 2.27. The Morgan fingerprint density at radius 2 is 2.47 bits per heavy atom.